The van der Waals surface area contributed by atoms with E-state index in [4.69, 9.17) is 4.98 Å². The Balaban J connectivity index is 1.93. The average molecular weight is 295 g/mol. The Morgan fingerprint density at radius 3 is 2.77 bits per heavy atom. The van der Waals surface area contributed by atoms with Gasteiger partial charge in [0.25, 0.3) is 0 Å². The number of rotatable bonds is 3. The SMILES string of the molecule is Cc1nc2c(nc1NC(=O)CC(C)C)CCc1ccccc1-2. The van der Waals surface area contributed by atoms with E-state index in [1.165, 1.54) is 11.1 Å². The summed E-state index contributed by atoms with van der Waals surface area (Å²) in [7, 11) is 0. The molecule has 1 N–H and O–H groups in total. The second-order valence-corrected chi connectivity index (χ2v) is 6.26. The fraction of sp³-hybridized carbons (Fsp3) is 0.389. The van der Waals surface area contributed by atoms with Crippen LogP contribution in [0, 0.1) is 12.8 Å². The van der Waals surface area contributed by atoms with Gasteiger partial charge in [-0.1, -0.05) is 38.1 Å². The lowest BCUT2D eigenvalue weighted by molar-refractivity contribution is -0.116. The fourth-order valence-corrected chi connectivity index (χ4v) is 2.84. The molecule has 3 rings (SSSR count). The van der Waals surface area contributed by atoms with Crippen LogP contribution in [-0.2, 0) is 17.6 Å². The lowest BCUT2D eigenvalue weighted by Gasteiger charge is -2.20. The van der Waals surface area contributed by atoms with Crippen LogP contribution in [0.5, 0.6) is 0 Å². The Bertz CT molecular complexity index is 722. The standard InChI is InChI=1S/C18H21N3O/c1-11(2)10-16(22)21-18-12(3)19-17-14-7-5-4-6-13(14)8-9-15(17)20-18/h4-7,11H,8-10H2,1-3H3,(H,20,21,22). The van der Waals surface area contributed by atoms with Crippen molar-refractivity contribution in [3.8, 4) is 11.3 Å². The molecular weight excluding hydrogens is 274 g/mol. The normalized spacial score (nSPS) is 12.7. The third-order valence-electron chi connectivity index (χ3n) is 3.90. The van der Waals surface area contributed by atoms with Gasteiger partial charge in [-0.2, -0.15) is 0 Å². The predicted octanol–water partition coefficient (Wildman–Crippen LogP) is 3.54. The number of benzene rings is 1. The van der Waals surface area contributed by atoms with Crippen molar-refractivity contribution in [1.82, 2.24) is 9.97 Å². The highest BCUT2D eigenvalue weighted by Crippen LogP contribution is 2.32. The summed E-state index contributed by atoms with van der Waals surface area (Å²) >= 11 is 0. The first-order valence-corrected chi connectivity index (χ1v) is 7.80. The zero-order valence-electron chi connectivity index (χ0n) is 13.3. The van der Waals surface area contributed by atoms with Gasteiger partial charge in [-0.15, -0.1) is 0 Å². The Hall–Kier alpha value is -2.23. The van der Waals surface area contributed by atoms with E-state index < -0.39 is 0 Å². The number of carbonyl (C=O) groups excluding carboxylic acids is 1. The quantitative estimate of drug-likeness (QED) is 0.942. The van der Waals surface area contributed by atoms with E-state index in [0.29, 0.717) is 18.2 Å². The van der Waals surface area contributed by atoms with E-state index in [0.717, 1.165) is 29.9 Å². The van der Waals surface area contributed by atoms with Crippen LogP contribution < -0.4 is 5.32 Å². The number of amides is 1. The van der Waals surface area contributed by atoms with Gasteiger partial charge in [-0.05, 0) is 31.2 Å². The molecule has 0 aliphatic heterocycles. The second kappa shape index (κ2) is 5.87. The minimum absolute atomic E-state index is 0.00330. The highest BCUT2D eigenvalue weighted by atomic mass is 16.1. The molecule has 0 spiro atoms. The van der Waals surface area contributed by atoms with Gasteiger partial charge in [-0.25, -0.2) is 9.97 Å². The Morgan fingerprint density at radius 2 is 2.00 bits per heavy atom. The van der Waals surface area contributed by atoms with Gasteiger partial charge in [-0.3, -0.25) is 4.79 Å². The number of carbonyl (C=O) groups is 1. The van der Waals surface area contributed by atoms with E-state index >= 15 is 0 Å². The van der Waals surface area contributed by atoms with Gasteiger partial charge >= 0.3 is 0 Å². The van der Waals surface area contributed by atoms with Crippen molar-refractivity contribution in [3.05, 3.63) is 41.2 Å². The first-order chi connectivity index (χ1) is 10.5. The van der Waals surface area contributed by atoms with Crippen LogP contribution in [0.4, 0.5) is 5.82 Å². The van der Waals surface area contributed by atoms with E-state index in [1.807, 2.05) is 26.8 Å². The van der Waals surface area contributed by atoms with E-state index in [-0.39, 0.29) is 5.91 Å². The van der Waals surface area contributed by atoms with Gasteiger partial charge in [0.1, 0.15) is 0 Å². The smallest absolute Gasteiger partial charge is 0.225 e. The minimum Gasteiger partial charge on any atom is -0.309 e. The summed E-state index contributed by atoms with van der Waals surface area (Å²) in [5, 5.41) is 2.90. The summed E-state index contributed by atoms with van der Waals surface area (Å²) in [6, 6.07) is 8.33. The van der Waals surface area contributed by atoms with Gasteiger partial charge in [0, 0.05) is 12.0 Å². The first kappa shape index (κ1) is 14.7. The van der Waals surface area contributed by atoms with E-state index in [1.54, 1.807) is 0 Å². The van der Waals surface area contributed by atoms with Gasteiger partial charge in [0.05, 0.1) is 17.1 Å². The molecule has 1 aromatic carbocycles. The number of nitrogens with one attached hydrogen (secondary N) is 1. The molecular formula is C18H21N3O. The molecule has 1 aliphatic rings. The zero-order chi connectivity index (χ0) is 15.7. The molecule has 2 aromatic rings. The van der Waals surface area contributed by atoms with Crippen LogP contribution in [0.3, 0.4) is 0 Å². The van der Waals surface area contributed by atoms with E-state index in [2.05, 4.69) is 28.5 Å². The highest BCUT2D eigenvalue weighted by molar-refractivity contribution is 5.90. The van der Waals surface area contributed by atoms with Crippen molar-refractivity contribution >= 4 is 11.7 Å². The predicted molar refractivity (Wildman–Crippen MR) is 87.7 cm³/mol. The summed E-state index contributed by atoms with van der Waals surface area (Å²) in [6.45, 7) is 5.96. The largest absolute Gasteiger partial charge is 0.309 e. The van der Waals surface area contributed by atoms with Gasteiger partial charge in [0.2, 0.25) is 5.91 Å². The topological polar surface area (TPSA) is 54.9 Å². The number of hydrogen-bond acceptors (Lipinski definition) is 3. The molecule has 0 bridgehead atoms. The van der Waals surface area contributed by atoms with Gasteiger partial charge in [0.15, 0.2) is 5.82 Å². The first-order valence-electron chi connectivity index (χ1n) is 7.80. The second-order valence-electron chi connectivity index (χ2n) is 6.26. The summed E-state index contributed by atoms with van der Waals surface area (Å²) in [6.07, 6.45) is 2.34. The van der Waals surface area contributed by atoms with Crippen LogP contribution in [0.1, 0.15) is 37.2 Å². The third-order valence-corrected chi connectivity index (χ3v) is 3.90. The fourth-order valence-electron chi connectivity index (χ4n) is 2.84. The van der Waals surface area contributed by atoms with Crippen LogP contribution in [-0.4, -0.2) is 15.9 Å². The monoisotopic (exact) mass is 295 g/mol. The molecule has 0 saturated heterocycles. The van der Waals surface area contributed by atoms with Gasteiger partial charge < -0.3 is 5.32 Å². The van der Waals surface area contributed by atoms with Crippen molar-refractivity contribution in [2.24, 2.45) is 5.92 Å². The number of aromatic nitrogens is 2. The Morgan fingerprint density at radius 1 is 1.23 bits per heavy atom. The Labute approximate surface area is 131 Å². The molecule has 0 radical (unpaired) electrons. The van der Waals surface area contributed by atoms with Crippen LogP contribution in [0.2, 0.25) is 0 Å². The molecule has 0 saturated carbocycles. The van der Waals surface area contributed by atoms with Crippen LogP contribution in [0.25, 0.3) is 11.3 Å². The number of hydrogen-bond donors (Lipinski definition) is 1. The van der Waals surface area contributed by atoms with E-state index in [9.17, 15) is 4.79 Å². The molecule has 1 heterocycles. The van der Waals surface area contributed by atoms with Crippen molar-refractivity contribution in [1.29, 1.82) is 0 Å². The third kappa shape index (κ3) is 2.86. The Kier molecular flexibility index (Phi) is 3.92. The maximum absolute atomic E-state index is 12.0. The lowest BCUT2D eigenvalue weighted by Crippen LogP contribution is -2.18. The molecule has 0 fully saturated rings. The van der Waals surface area contributed by atoms with Crippen molar-refractivity contribution < 1.29 is 4.79 Å². The lowest BCUT2D eigenvalue weighted by atomic mass is 9.92. The number of fused-ring (bicyclic) bond motifs is 3. The van der Waals surface area contributed by atoms with Crippen LogP contribution in [0.15, 0.2) is 24.3 Å². The molecule has 22 heavy (non-hydrogen) atoms. The minimum atomic E-state index is 0.00330. The maximum atomic E-state index is 12.0. The number of aryl methyl sites for hydroxylation is 3. The van der Waals surface area contributed by atoms with Crippen molar-refractivity contribution in [3.63, 3.8) is 0 Å². The molecule has 0 atom stereocenters. The molecule has 1 aromatic heterocycles. The molecule has 114 valence electrons. The van der Waals surface area contributed by atoms with Crippen molar-refractivity contribution in [2.45, 2.75) is 40.0 Å². The maximum Gasteiger partial charge on any atom is 0.225 e. The summed E-state index contributed by atoms with van der Waals surface area (Å²) in [5.74, 6) is 0.935. The highest BCUT2D eigenvalue weighted by Gasteiger charge is 2.20. The average Bonchev–Trinajstić information content (AvgIpc) is 2.47. The number of nitrogens with zero attached hydrogens (tertiary/aromatic N) is 2. The summed E-state index contributed by atoms with van der Waals surface area (Å²) in [4.78, 5) is 21.3. The molecule has 1 amide bonds. The zero-order valence-corrected chi connectivity index (χ0v) is 13.3. The number of anilines is 1. The molecule has 1 aliphatic carbocycles. The van der Waals surface area contributed by atoms with Crippen LogP contribution >= 0.6 is 0 Å². The van der Waals surface area contributed by atoms with Crippen molar-refractivity contribution in [2.75, 3.05) is 5.32 Å². The summed E-state index contributed by atoms with van der Waals surface area (Å²) in [5.41, 5.74) is 5.19. The molecule has 0 unspecified atom stereocenters. The molecule has 4 heteroatoms. The summed E-state index contributed by atoms with van der Waals surface area (Å²) < 4.78 is 0. The molecule has 4 nitrogen and oxygen atoms in total.